The average Bonchev–Trinajstić information content (AvgIpc) is 2.78. The number of hydrogen-bond acceptors (Lipinski definition) is 3. The number of para-hydroxylation sites is 1. The molecule has 0 saturated heterocycles. The molecule has 0 bridgehead atoms. The van der Waals surface area contributed by atoms with Crippen molar-refractivity contribution in [3.05, 3.63) is 41.6 Å². The molecule has 20 heavy (non-hydrogen) atoms. The van der Waals surface area contributed by atoms with Gasteiger partial charge < -0.3 is 10.6 Å². The Balaban J connectivity index is 2.53. The lowest BCUT2D eigenvalue weighted by Gasteiger charge is -2.21. The fourth-order valence-corrected chi connectivity index (χ4v) is 2.57. The van der Waals surface area contributed by atoms with E-state index in [1.165, 1.54) is 11.4 Å². The van der Waals surface area contributed by atoms with E-state index in [1.54, 1.807) is 0 Å². The highest BCUT2D eigenvalue weighted by Crippen LogP contribution is 2.27. The first-order chi connectivity index (χ1) is 9.69. The van der Waals surface area contributed by atoms with E-state index in [0.29, 0.717) is 6.54 Å². The number of rotatable bonds is 6. The summed E-state index contributed by atoms with van der Waals surface area (Å²) in [5, 5.41) is 4.72. The Bertz CT molecular complexity index is 545. The molecule has 0 amide bonds. The SMILES string of the molecule is CCCN(C)c1c(CCN)c(C)nn1-c1ccccc1. The van der Waals surface area contributed by atoms with Gasteiger partial charge in [0.25, 0.3) is 0 Å². The molecule has 2 N–H and O–H groups in total. The maximum atomic E-state index is 5.76. The molecule has 2 aromatic rings. The average molecular weight is 272 g/mol. The summed E-state index contributed by atoms with van der Waals surface area (Å²) in [6, 6.07) is 10.3. The Morgan fingerprint density at radius 2 is 1.95 bits per heavy atom. The van der Waals surface area contributed by atoms with Crippen LogP contribution >= 0.6 is 0 Å². The Labute approximate surface area is 121 Å². The summed E-state index contributed by atoms with van der Waals surface area (Å²) in [7, 11) is 2.12. The summed E-state index contributed by atoms with van der Waals surface area (Å²) in [4.78, 5) is 2.28. The van der Waals surface area contributed by atoms with Gasteiger partial charge in [-0.25, -0.2) is 4.68 Å². The first kappa shape index (κ1) is 14.6. The monoisotopic (exact) mass is 272 g/mol. The number of hydrogen-bond donors (Lipinski definition) is 1. The molecular weight excluding hydrogens is 248 g/mol. The highest BCUT2D eigenvalue weighted by atomic mass is 15.4. The van der Waals surface area contributed by atoms with Crippen LogP contribution in [0.1, 0.15) is 24.6 Å². The van der Waals surface area contributed by atoms with Gasteiger partial charge in [0.1, 0.15) is 5.82 Å². The lowest BCUT2D eigenvalue weighted by molar-refractivity contribution is 0.780. The minimum Gasteiger partial charge on any atom is -0.359 e. The van der Waals surface area contributed by atoms with Crippen LogP contribution in [0, 0.1) is 6.92 Å². The zero-order valence-electron chi connectivity index (χ0n) is 12.6. The zero-order valence-corrected chi connectivity index (χ0v) is 12.6. The van der Waals surface area contributed by atoms with Crippen molar-refractivity contribution < 1.29 is 0 Å². The van der Waals surface area contributed by atoms with Gasteiger partial charge in [0.2, 0.25) is 0 Å². The van der Waals surface area contributed by atoms with Gasteiger partial charge >= 0.3 is 0 Å². The molecule has 4 nitrogen and oxygen atoms in total. The summed E-state index contributed by atoms with van der Waals surface area (Å²) >= 11 is 0. The van der Waals surface area contributed by atoms with Gasteiger partial charge in [-0.3, -0.25) is 0 Å². The second-order valence-corrected chi connectivity index (χ2v) is 5.10. The highest BCUT2D eigenvalue weighted by molar-refractivity contribution is 5.55. The van der Waals surface area contributed by atoms with Gasteiger partial charge in [0.05, 0.1) is 11.4 Å². The third kappa shape index (κ3) is 2.85. The summed E-state index contributed by atoms with van der Waals surface area (Å²) in [5.41, 5.74) is 9.18. The summed E-state index contributed by atoms with van der Waals surface area (Å²) in [5.74, 6) is 1.17. The number of nitrogens with two attached hydrogens (primary N) is 1. The zero-order chi connectivity index (χ0) is 14.5. The highest BCUT2D eigenvalue weighted by Gasteiger charge is 2.18. The smallest absolute Gasteiger partial charge is 0.135 e. The lowest BCUT2D eigenvalue weighted by atomic mass is 10.1. The van der Waals surface area contributed by atoms with Crippen LogP contribution < -0.4 is 10.6 Å². The molecule has 1 aromatic heterocycles. The molecule has 0 radical (unpaired) electrons. The second-order valence-electron chi connectivity index (χ2n) is 5.10. The van der Waals surface area contributed by atoms with Crippen LogP contribution in [0.25, 0.3) is 5.69 Å². The van der Waals surface area contributed by atoms with Crippen molar-refractivity contribution >= 4 is 5.82 Å². The van der Waals surface area contributed by atoms with Gasteiger partial charge in [-0.15, -0.1) is 0 Å². The molecule has 1 heterocycles. The number of benzene rings is 1. The van der Waals surface area contributed by atoms with E-state index in [4.69, 9.17) is 10.8 Å². The molecule has 0 unspecified atom stereocenters. The number of anilines is 1. The van der Waals surface area contributed by atoms with Crippen LogP contribution in [0.4, 0.5) is 5.82 Å². The van der Waals surface area contributed by atoms with Crippen molar-refractivity contribution in [2.45, 2.75) is 26.7 Å². The van der Waals surface area contributed by atoms with E-state index >= 15 is 0 Å². The Morgan fingerprint density at radius 1 is 1.25 bits per heavy atom. The van der Waals surface area contributed by atoms with Gasteiger partial charge in [0.15, 0.2) is 0 Å². The van der Waals surface area contributed by atoms with Crippen molar-refractivity contribution in [3.63, 3.8) is 0 Å². The standard InChI is InChI=1S/C16H24N4/c1-4-12-19(3)16-15(10-11-17)13(2)18-20(16)14-8-6-5-7-9-14/h5-9H,4,10-12,17H2,1-3H3. The molecule has 0 aliphatic carbocycles. The quantitative estimate of drug-likeness (QED) is 0.879. The molecule has 0 spiro atoms. The molecule has 0 atom stereocenters. The van der Waals surface area contributed by atoms with E-state index in [9.17, 15) is 0 Å². The van der Waals surface area contributed by atoms with Crippen LogP contribution in [0.15, 0.2) is 30.3 Å². The van der Waals surface area contributed by atoms with E-state index in [-0.39, 0.29) is 0 Å². The summed E-state index contributed by atoms with van der Waals surface area (Å²) in [6.45, 7) is 5.91. The van der Waals surface area contributed by atoms with Gasteiger partial charge in [-0.2, -0.15) is 5.10 Å². The fraction of sp³-hybridized carbons (Fsp3) is 0.438. The molecule has 0 aliphatic heterocycles. The number of aromatic nitrogens is 2. The molecular formula is C16H24N4. The lowest BCUT2D eigenvalue weighted by Crippen LogP contribution is -2.23. The van der Waals surface area contributed by atoms with Gasteiger partial charge in [0, 0.05) is 19.2 Å². The normalized spacial score (nSPS) is 10.8. The summed E-state index contributed by atoms with van der Waals surface area (Å²) in [6.07, 6.45) is 1.97. The molecule has 108 valence electrons. The van der Waals surface area contributed by atoms with Crippen molar-refractivity contribution in [2.24, 2.45) is 5.73 Å². The predicted molar refractivity (Wildman–Crippen MR) is 84.6 cm³/mol. The largest absolute Gasteiger partial charge is 0.359 e. The molecule has 4 heteroatoms. The van der Waals surface area contributed by atoms with E-state index in [2.05, 4.69) is 37.9 Å². The van der Waals surface area contributed by atoms with E-state index in [0.717, 1.165) is 30.8 Å². The van der Waals surface area contributed by atoms with Gasteiger partial charge in [-0.05, 0) is 38.4 Å². The van der Waals surface area contributed by atoms with Crippen LogP contribution in [-0.2, 0) is 6.42 Å². The summed E-state index contributed by atoms with van der Waals surface area (Å²) < 4.78 is 2.04. The molecule has 2 rings (SSSR count). The molecule has 0 saturated carbocycles. The Morgan fingerprint density at radius 3 is 2.55 bits per heavy atom. The third-order valence-electron chi connectivity index (χ3n) is 3.47. The minimum atomic E-state index is 0.647. The van der Waals surface area contributed by atoms with Crippen LogP contribution in [-0.4, -0.2) is 29.9 Å². The van der Waals surface area contributed by atoms with Crippen molar-refractivity contribution in [2.75, 3.05) is 25.0 Å². The van der Waals surface area contributed by atoms with Crippen LogP contribution in [0.5, 0.6) is 0 Å². The van der Waals surface area contributed by atoms with Crippen molar-refractivity contribution in [1.29, 1.82) is 0 Å². The maximum Gasteiger partial charge on any atom is 0.135 e. The van der Waals surface area contributed by atoms with E-state index in [1.807, 2.05) is 22.9 Å². The number of aryl methyl sites for hydroxylation is 1. The second kappa shape index (κ2) is 6.57. The van der Waals surface area contributed by atoms with Crippen LogP contribution in [0.2, 0.25) is 0 Å². The fourth-order valence-electron chi connectivity index (χ4n) is 2.57. The first-order valence-electron chi connectivity index (χ1n) is 7.24. The topological polar surface area (TPSA) is 47.1 Å². The van der Waals surface area contributed by atoms with Crippen LogP contribution in [0.3, 0.4) is 0 Å². The van der Waals surface area contributed by atoms with E-state index < -0.39 is 0 Å². The molecule has 0 fully saturated rings. The van der Waals surface area contributed by atoms with Gasteiger partial charge in [-0.1, -0.05) is 25.1 Å². The Hall–Kier alpha value is -1.81. The first-order valence-corrected chi connectivity index (χ1v) is 7.24. The molecule has 0 aliphatic rings. The maximum absolute atomic E-state index is 5.76. The third-order valence-corrected chi connectivity index (χ3v) is 3.47. The minimum absolute atomic E-state index is 0.647. The number of nitrogens with zero attached hydrogens (tertiary/aromatic N) is 3. The van der Waals surface area contributed by atoms with Crippen molar-refractivity contribution in [1.82, 2.24) is 9.78 Å². The Kier molecular flexibility index (Phi) is 4.79. The predicted octanol–water partition coefficient (Wildman–Crippen LogP) is 2.53. The molecule has 1 aromatic carbocycles. The van der Waals surface area contributed by atoms with Crippen molar-refractivity contribution in [3.8, 4) is 5.69 Å².